The average Bonchev–Trinajstić information content (AvgIpc) is 2.03. The van der Waals surface area contributed by atoms with Crippen LogP contribution in [-0.4, -0.2) is 5.75 Å². The van der Waals surface area contributed by atoms with Crippen LogP contribution in [0.25, 0.3) is 0 Å². The molecule has 0 nitrogen and oxygen atoms in total. The maximum absolute atomic E-state index is 2.27. The highest BCUT2D eigenvalue weighted by Crippen LogP contribution is 2.10. The molecule has 0 heterocycles. The highest BCUT2D eigenvalue weighted by Gasteiger charge is 1.89. The van der Waals surface area contributed by atoms with E-state index < -0.39 is 0 Å². The van der Waals surface area contributed by atoms with E-state index in [1.807, 2.05) is 11.8 Å². The molecule has 1 radical (unpaired) electrons. The topological polar surface area (TPSA) is 0 Å². The van der Waals surface area contributed by atoms with Crippen molar-refractivity contribution in [2.45, 2.75) is 52.4 Å². The lowest BCUT2D eigenvalue weighted by Crippen LogP contribution is -1.81. The fourth-order valence-corrected chi connectivity index (χ4v) is 1.69. The van der Waals surface area contributed by atoms with Crippen molar-refractivity contribution in [1.82, 2.24) is 0 Å². The summed E-state index contributed by atoms with van der Waals surface area (Å²) in [6.45, 7) is 4.38. The summed E-state index contributed by atoms with van der Waals surface area (Å²) in [7, 11) is 0. The van der Waals surface area contributed by atoms with Gasteiger partial charge in [-0.05, 0) is 12.2 Å². The third-order valence-corrected chi connectivity index (χ3v) is 2.64. The van der Waals surface area contributed by atoms with Gasteiger partial charge in [0.05, 0.1) is 0 Å². The summed E-state index contributed by atoms with van der Waals surface area (Å²) in [5, 5.41) is 0. The number of thioether (sulfide) groups is 1. The van der Waals surface area contributed by atoms with Crippen molar-refractivity contribution >= 4 is 11.8 Å². The first-order valence-corrected chi connectivity index (χ1v) is 5.86. The van der Waals surface area contributed by atoms with Crippen LogP contribution < -0.4 is 0 Å². The maximum atomic E-state index is 2.27. The van der Waals surface area contributed by atoms with Gasteiger partial charge in [0.2, 0.25) is 0 Å². The minimum Gasteiger partial charge on any atom is -0.158 e. The minimum atomic E-state index is 1.32. The van der Waals surface area contributed by atoms with Crippen LogP contribution in [0.4, 0.5) is 0 Å². The average molecular weight is 173 g/mol. The Morgan fingerprint density at radius 2 is 1.64 bits per heavy atom. The zero-order chi connectivity index (χ0) is 8.36. The summed E-state index contributed by atoms with van der Waals surface area (Å²) in [5.74, 6) is 3.51. The van der Waals surface area contributed by atoms with E-state index in [9.17, 15) is 0 Å². The zero-order valence-corrected chi connectivity index (χ0v) is 8.75. The van der Waals surface area contributed by atoms with E-state index in [2.05, 4.69) is 19.6 Å². The molecule has 0 aromatic carbocycles. The molecule has 11 heavy (non-hydrogen) atoms. The second-order valence-corrected chi connectivity index (χ2v) is 4.09. The molecule has 0 spiro atoms. The number of hydrogen-bond acceptors (Lipinski definition) is 1. The highest BCUT2D eigenvalue weighted by molar-refractivity contribution is 8.01. The summed E-state index contributed by atoms with van der Waals surface area (Å²) in [4.78, 5) is 0. The first-order valence-electron chi connectivity index (χ1n) is 4.81. The Morgan fingerprint density at radius 1 is 1.00 bits per heavy atom. The maximum Gasteiger partial charge on any atom is 0.0135 e. The normalized spacial score (nSPS) is 10.4. The molecule has 0 fully saturated rings. The molecule has 0 saturated carbocycles. The van der Waals surface area contributed by atoms with E-state index >= 15 is 0 Å². The Hall–Kier alpha value is 0.350. The van der Waals surface area contributed by atoms with Crippen molar-refractivity contribution in [3.8, 4) is 0 Å². The van der Waals surface area contributed by atoms with Gasteiger partial charge < -0.3 is 0 Å². The van der Waals surface area contributed by atoms with Crippen molar-refractivity contribution in [2.75, 3.05) is 5.75 Å². The lowest BCUT2D eigenvalue weighted by Gasteiger charge is -1.98. The first kappa shape index (κ1) is 11.4. The molecule has 0 aliphatic carbocycles. The molecule has 0 N–H and O–H groups in total. The Labute approximate surface area is 76.1 Å². The fourth-order valence-electron chi connectivity index (χ4n) is 1.08. The number of rotatable bonds is 8. The molecule has 67 valence electrons. The quantitative estimate of drug-likeness (QED) is 0.494. The van der Waals surface area contributed by atoms with Gasteiger partial charge in [0.1, 0.15) is 0 Å². The molecule has 0 aromatic heterocycles. The van der Waals surface area contributed by atoms with Gasteiger partial charge in [-0.15, -0.1) is 0 Å². The predicted octanol–water partition coefficient (Wildman–Crippen LogP) is 4.26. The summed E-state index contributed by atoms with van der Waals surface area (Å²) < 4.78 is 0. The summed E-state index contributed by atoms with van der Waals surface area (Å²) in [6.07, 6.45) is 8.50. The molecule has 0 atom stereocenters. The van der Waals surface area contributed by atoms with E-state index in [1.165, 1.54) is 44.3 Å². The molecule has 0 bridgehead atoms. The number of unbranched alkanes of at least 4 members (excludes halogenated alkanes) is 5. The molecule has 0 aliphatic rings. The van der Waals surface area contributed by atoms with Crippen molar-refractivity contribution in [3.05, 3.63) is 5.75 Å². The Bertz CT molecular complexity index is 53.9. The van der Waals surface area contributed by atoms with E-state index in [0.717, 1.165) is 0 Å². The zero-order valence-electron chi connectivity index (χ0n) is 7.94. The summed E-state index contributed by atoms with van der Waals surface area (Å²) in [5.41, 5.74) is 0. The summed E-state index contributed by atoms with van der Waals surface area (Å²) >= 11 is 1.95. The second-order valence-electron chi connectivity index (χ2n) is 2.87. The predicted molar refractivity (Wildman–Crippen MR) is 55.8 cm³/mol. The number of hydrogen-bond donors (Lipinski definition) is 0. The van der Waals surface area contributed by atoms with Gasteiger partial charge in [0.15, 0.2) is 0 Å². The van der Waals surface area contributed by atoms with Crippen LogP contribution in [-0.2, 0) is 0 Å². The molecule has 0 saturated heterocycles. The first-order chi connectivity index (χ1) is 5.41. The van der Waals surface area contributed by atoms with Gasteiger partial charge in [-0.3, -0.25) is 0 Å². The molecule has 0 rings (SSSR count). The molecule has 1 heteroatoms. The van der Waals surface area contributed by atoms with Gasteiger partial charge in [0.25, 0.3) is 0 Å². The molecule has 0 aromatic rings. The van der Waals surface area contributed by atoms with Crippen LogP contribution in [0.1, 0.15) is 52.4 Å². The summed E-state index contributed by atoms with van der Waals surface area (Å²) in [6, 6.07) is 0. The SMILES string of the molecule is C[CH]SCCCCCCCC. The molecular formula is C10H21S. The van der Waals surface area contributed by atoms with Crippen molar-refractivity contribution in [3.63, 3.8) is 0 Å². The van der Waals surface area contributed by atoms with Crippen LogP contribution in [0.3, 0.4) is 0 Å². The van der Waals surface area contributed by atoms with E-state index in [0.29, 0.717) is 0 Å². The third-order valence-electron chi connectivity index (χ3n) is 1.78. The lowest BCUT2D eigenvalue weighted by molar-refractivity contribution is 0.627. The monoisotopic (exact) mass is 173 g/mol. The van der Waals surface area contributed by atoms with Crippen LogP contribution in [0.5, 0.6) is 0 Å². The fraction of sp³-hybridized carbons (Fsp3) is 0.900. The Kier molecular flexibility index (Phi) is 10.7. The van der Waals surface area contributed by atoms with Crippen LogP contribution in [0.15, 0.2) is 0 Å². The highest BCUT2D eigenvalue weighted by atomic mass is 32.2. The van der Waals surface area contributed by atoms with Gasteiger partial charge in [-0.25, -0.2) is 0 Å². The van der Waals surface area contributed by atoms with Crippen molar-refractivity contribution in [2.24, 2.45) is 0 Å². The minimum absolute atomic E-state index is 1.32. The molecule has 0 amide bonds. The van der Waals surface area contributed by atoms with Gasteiger partial charge in [0, 0.05) is 5.75 Å². The smallest absolute Gasteiger partial charge is 0.0135 e. The molecular weight excluding hydrogens is 152 g/mol. The molecule has 0 unspecified atom stereocenters. The second kappa shape index (κ2) is 10.3. The van der Waals surface area contributed by atoms with Gasteiger partial charge >= 0.3 is 0 Å². The van der Waals surface area contributed by atoms with E-state index in [1.54, 1.807) is 0 Å². The van der Waals surface area contributed by atoms with E-state index in [-0.39, 0.29) is 0 Å². The largest absolute Gasteiger partial charge is 0.158 e. The molecule has 0 aliphatic heterocycles. The van der Waals surface area contributed by atoms with Crippen LogP contribution in [0, 0.1) is 5.75 Å². The van der Waals surface area contributed by atoms with Crippen molar-refractivity contribution < 1.29 is 0 Å². The van der Waals surface area contributed by atoms with Gasteiger partial charge in [-0.1, -0.05) is 46.0 Å². The lowest BCUT2D eigenvalue weighted by atomic mass is 10.1. The van der Waals surface area contributed by atoms with E-state index in [4.69, 9.17) is 0 Å². The Balaban J connectivity index is 2.69. The van der Waals surface area contributed by atoms with Crippen molar-refractivity contribution in [1.29, 1.82) is 0 Å². The standard InChI is InChI=1S/C10H21S/c1-3-5-6-7-8-9-10-11-4-2/h4H,3,5-10H2,1-2H3. The van der Waals surface area contributed by atoms with Crippen LogP contribution >= 0.6 is 11.8 Å². The van der Waals surface area contributed by atoms with Gasteiger partial charge in [-0.2, -0.15) is 11.8 Å². The third kappa shape index (κ3) is 10.4. The van der Waals surface area contributed by atoms with Crippen LogP contribution in [0.2, 0.25) is 0 Å². The Morgan fingerprint density at radius 3 is 2.27 bits per heavy atom.